The average Bonchev–Trinajstić information content (AvgIpc) is 1.00. The summed E-state index contributed by atoms with van der Waals surface area (Å²) in [6.45, 7) is 0. The summed E-state index contributed by atoms with van der Waals surface area (Å²) >= 11 is 0.0556. The average molecular weight is 531 g/mol. The summed E-state index contributed by atoms with van der Waals surface area (Å²) in [5, 5.41) is 0. The summed E-state index contributed by atoms with van der Waals surface area (Å²) in [5.41, 5.74) is 0. The molecule has 0 saturated heterocycles. The van der Waals surface area contributed by atoms with Gasteiger partial charge in [-0.25, -0.2) is 0 Å². The molecule has 34 valence electrons. The predicted molar refractivity (Wildman–Crippen MR) is 33.2 cm³/mol. The van der Waals surface area contributed by atoms with E-state index in [2.05, 4.69) is 0 Å². The predicted octanol–water partition coefficient (Wildman–Crippen LogP) is -2.01. The van der Waals surface area contributed by atoms with Gasteiger partial charge in [-0.15, -0.1) is 0 Å². The normalized spacial score (nSPS) is 0.667. The molecule has 0 saturated carbocycles. The Morgan fingerprint density at radius 3 is 1.17 bits per heavy atom. The van der Waals surface area contributed by atoms with Gasteiger partial charge in [0.1, 0.15) is 0 Å². The van der Waals surface area contributed by atoms with Crippen LogP contribution in [-0.4, -0.2) is 60.4 Å². The van der Waals surface area contributed by atoms with E-state index in [4.69, 9.17) is 2.81 Å². The van der Waals surface area contributed by atoms with Crippen LogP contribution in [0.2, 0.25) is 0 Å². The molecule has 0 aromatic rings. The van der Waals surface area contributed by atoms with Crippen molar-refractivity contribution in [3.63, 3.8) is 0 Å². The minimum absolute atomic E-state index is 0. The minimum atomic E-state index is 0. The van der Waals surface area contributed by atoms with Gasteiger partial charge in [-0.05, 0) is 0 Å². The van der Waals surface area contributed by atoms with Crippen LogP contribution in [0.15, 0.2) is 0 Å². The van der Waals surface area contributed by atoms with Crippen molar-refractivity contribution in [3.05, 3.63) is 0 Å². The first-order valence-corrected chi connectivity index (χ1v) is 1.79. The van der Waals surface area contributed by atoms with Gasteiger partial charge in [0.2, 0.25) is 0 Å². The second kappa shape index (κ2) is 47.6. The Morgan fingerprint density at radius 2 is 1.17 bits per heavy atom. The van der Waals surface area contributed by atoms with Crippen molar-refractivity contribution in [2.45, 2.75) is 0 Å². The molecule has 0 amide bonds. The molecular weight excluding hydrogens is 525 g/mol. The monoisotopic (exact) mass is 532 g/mol. The van der Waals surface area contributed by atoms with Crippen molar-refractivity contribution in [1.82, 2.24) is 0 Å². The van der Waals surface area contributed by atoms with Crippen LogP contribution in [0, 0.1) is 0 Å². The van der Waals surface area contributed by atoms with Gasteiger partial charge in [0.05, 0.1) is 0 Å². The van der Waals surface area contributed by atoms with E-state index in [1.807, 2.05) is 0 Å². The van der Waals surface area contributed by atoms with Crippen molar-refractivity contribution in [2.24, 2.45) is 0 Å². The Kier molecular flexibility index (Phi) is 300. The molecule has 0 aliphatic heterocycles. The fourth-order valence-corrected chi connectivity index (χ4v) is 0. The van der Waals surface area contributed by atoms with Gasteiger partial charge in [-0.1, -0.05) is 0 Å². The molecule has 1 unspecified atom stereocenters. The van der Waals surface area contributed by atoms with E-state index in [-0.39, 0.29) is 88.9 Å². The maximum Gasteiger partial charge on any atom is 0 e. The van der Waals surface area contributed by atoms with Gasteiger partial charge in [0.25, 0.3) is 0 Å². The SMILES string of the molecule is P.[B].[O]=[BiH].[PbH2].[V]. The van der Waals surface area contributed by atoms with Crippen LogP contribution in [0.1, 0.15) is 0 Å². The molecule has 0 N–H and O–H groups in total. The van der Waals surface area contributed by atoms with E-state index >= 15 is 0 Å². The molecule has 0 fully saturated rings. The van der Waals surface area contributed by atoms with Crippen LogP contribution in [0.5, 0.6) is 0 Å². The van der Waals surface area contributed by atoms with Gasteiger partial charge in [0.15, 0.2) is 0 Å². The molecule has 6 heavy (non-hydrogen) atoms. The Hall–Kier alpha value is 2.68. The second-order valence-corrected chi connectivity index (χ2v) is 0. The summed E-state index contributed by atoms with van der Waals surface area (Å²) in [6, 6.07) is 0. The van der Waals surface area contributed by atoms with Crippen LogP contribution >= 0.6 is 9.90 Å². The maximum atomic E-state index is 8.39. The zero-order valence-electron chi connectivity index (χ0n) is 3.35. The molecule has 0 heterocycles. The third-order valence-electron chi connectivity index (χ3n) is 0. The molecule has 0 aromatic heterocycles. The van der Waals surface area contributed by atoms with E-state index in [0.717, 1.165) is 0 Å². The molecular formula is H6BBiOPPbV. The fraction of sp³-hybridized carbons (Fsp3) is 0. The van der Waals surface area contributed by atoms with Crippen LogP contribution in [-0.2, 0) is 21.4 Å². The summed E-state index contributed by atoms with van der Waals surface area (Å²) in [6.07, 6.45) is 0. The van der Waals surface area contributed by atoms with Crippen molar-refractivity contribution >= 4 is 70.3 Å². The Balaban J connectivity index is -0.000000000833. The zero-order valence-corrected chi connectivity index (χ0v) is 15.5. The zero-order chi connectivity index (χ0) is 2.00. The van der Waals surface area contributed by atoms with Gasteiger partial charge < -0.3 is 0 Å². The second-order valence-electron chi connectivity index (χ2n) is 0. The molecule has 0 aliphatic carbocycles. The van der Waals surface area contributed by atoms with E-state index in [0.29, 0.717) is 0 Å². The smallest absolute Gasteiger partial charge is 0 e. The fourth-order valence-electron chi connectivity index (χ4n) is 0. The number of rotatable bonds is 0. The third kappa shape index (κ3) is 30.0. The summed E-state index contributed by atoms with van der Waals surface area (Å²) in [7, 11) is 0. The minimum Gasteiger partial charge on any atom is 0 e. The molecule has 0 rings (SSSR count). The topological polar surface area (TPSA) is 17.1 Å². The van der Waals surface area contributed by atoms with Crippen LogP contribution in [0.3, 0.4) is 0 Å². The van der Waals surface area contributed by atoms with Gasteiger partial charge in [0, 0.05) is 27.0 Å². The Labute approximate surface area is 90.3 Å². The molecule has 0 spiro atoms. The van der Waals surface area contributed by atoms with Crippen LogP contribution in [0.4, 0.5) is 0 Å². The third-order valence-corrected chi connectivity index (χ3v) is 0. The van der Waals surface area contributed by atoms with Crippen molar-refractivity contribution in [2.75, 3.05) is 0 Å². The summed E-state index contributed by atoms with van der Waals surface area (Å²) in [4.78, 5) is 0. The van der Waals surface area contributed by atoms with Crippen molar-refractivity contribution < 1.29 is 21.4 Å². The van der Waals surface area contributed by atoms with E-state index < -0.39 is 0 Å². The molecule has 6 radical (unpaired) electrons. The van der Waals surface area contributed by atoms with Crippen LogP contribution < -0.4 is 0 Å². The molecule has 0 aliphatic rings. The Bertz CT molecular complexity index is 15.5. The molecule has 6 heteroatoms. The number of hydrogen-bond acceptors (Lipinski definition) is 1. The molecule has 0 bridgehead atoms. The Morgan fingerprint density at radius 1 is 1.17 bits per heavy atom. The van der Waals surface area contributed by atoms with Gasteiger partial charge in [-0.3, -0.25) is 0 Å². The summed E-state index contributed by atoms with van der Waals surface area (Å²) < 4.78 is 8.39. The van der Waals surface area contributed by atoms with E-state index in [9.17, 15) is 0 Å². The summed E-state index contributed by atoms with van der Waals surface area (Å²) in [5.74, 6) is 0. The largest absolute Gasteiger partial charge is 0 e. The molecule has 1 nitrogen and oxygen atoms in total. The van der Waals surface area contributed by atoms with Crippen LogP contribution in [0.25, 0.3) is 0 Å². The van der Waals surface area contributed by atoms with Gasteiger partial charge >= 0.3 is 54.8 Å². The first-order valence-electron chi connectivity index (χ1n) is 0.204. The molecule has 0 aromatic carbocycles. The first-order chi connectivity index (χ1) is 1.00. The van der Waals surface area contributed by atoms with E-state index in [1.165, 1.54) is 0 Å². The first kappa shape index (κ1) is 37.8. The van der Waals surface area contributed by atoms with Gasteiger partial charge in [-0.2, -0.15) is 9.90 Å². The van der Waals surface area contributed by atoms with E-state index in [1.54, 1.807) is 0 Å². The van der Waals surface area contributed by atoms with Crippen molar-refractivity contribution in [3.8, 4) is 0 Å². The number of hydrogen-bond donors (Lipinski definition) is 0. The maximum absolute atomic E-state index is 8.39. The molecule has 1 atom stereocenters. The standard InChI is InChI=1S/B.Bi.O.H3P.Pb.V.3H/h;;;1H3;;;;;. The quantitative estimate of drug-likeness (QED) is 0.261. The van der Waals surface area contributed by atoms with Crippen molar-refractivity contribution in [1.29, 1.82) is 0 Å².